The Bertz CT molecular complexity index is 680. The second kappa shape index (κ2) is 8.39. The van der Waals surface area contributed by atoms with E-state index in [-0.39, 0.29) is 18.6 Å². The van der Waals surface area contributed by atoms with Gasteiger partial charge in [0.15, 0.2) is 6.61 Å². The van der Waals surface area contributed by atoms with Crippen LogP contribution in [0.5, 0.6) is 11.5 Å². The van der Waals surface area contributed by atoms with Gasteiger partial charge in [-0.15, -0.1) is 0 Å². The zero-order valence-corrected chi connectivity index (χ0v) is 14.8. The van der Waals surface area contributed by atoms with Crippen LogP contribution in [0.2, 0.25) is 0 Å². The molecule has 2 aromatic rings. The number of amides is 1. The standard InChI is InChI=1S/C20H25NO3/c1-14-6-9-18(10-7-14)23-12-17(4)21-20(22)13-24-19-11-15(2)5-8-16(19)3/h5-11,17H,12-13H2,1-4H3,(H,21,22)/t17-/m0/s1. The van der Waals surface area contributed by atoms with Crippen LogP contribution < -0.4 is 14.8 Å². The van der Waals surface area contributed by atoms with Crippen LogP contribution in [0.25, 0.3) is 0 Å². The normalized spacial score (nSPS) is 11.7. The highest BCUT2D eigenvalue weighted by Crippen LogP contribution is 2.18. The van der Waals surface area contributed by atoms with Crippen LogP contribution in [0.4, 0.5) is 0 Å². The van der Waals surface area contributed by atoms with Gasteiger partial charge in [-0.3, -0.25) is 4.79 Å². The van der Waals surface area contributed by atoms with E-state index in [1.54, 1.807) is 0 Å². The first kappa shape index (κ1) is 17.9. The Labute approximate surface area is 143 Å². The minimum Gasteiger partial charge on any atom is -0.491 e. The van der Waals surface area contributed by atoms with Gasteiger partial charge < -0.3 is 14.8 Å². The van der Waals surface area contributed by atoms with E-state index in [9.17, 15) is 4.79 Å². The Morgan fingerprint density at radius 1 is 1.00 bits per heavy atom. The summed E-state index contributed by atoms with van der Waals surface area (Å²) in [6.07, 6.45) is 0. The van der Waals surface area contributed by atoms with Gasteiger partial charge in [0.05, 0.1) is 6.04 Å². The molecule has 128 valence electrons. The molecule has 0 aliphatic heterocycles. The largest absolute Gasteiger partial charge is 0.491 e. The van der Waals surface area contributed by atoms with E-state index in [0.29, 0.717) is 6.61 Å². The number of ether oxygens (including phenoxy) is 2. The fourth-order valence-electron chi connectivity index (χ4n) is 2.22. The lowest BCUT2D eigenvalue weighted by Crippen LogP contribution is -2.39. The Balaban J connectivity index is 1.75. The molecule has 0 fully saturated rings. The van der Waals surface area contributed by atoms with Gasteiger partial charge >= 0.3 is 0 Å². The summed E-state index contributed by atoms with van der Waals surface area (Å²) in [5, 5.41) is 2.88. The van der Waals surface area contributed by atoms with E-state index in [4.69, 9.17) is 9.47 Å². The van der Waals surface area contributed by atoms with E-state index < -0.39 is 0 Å². The van der Waals surface area contributed by atoms with Crippen molar-refractivity contribution in [2.45, 2.75) is 33.7 Å². The molecule has 1 N–H and O–H groups in total. The molecule has 0 aliphatic rings. The van der Waals surface area contributed by atoms with Gasteiger partial charge in [0.25, 0.3) is 5.91 Å². The number of nitrogens with one attached hydrogen (secondary N) is 1. The number of aryl methyl sites for hydroxylation is 3. The molecular formula is C20H25NO3. The quantitative estimate of drug-likeness (QED) is 0.845. The third-order valence-corrected chi connectivity index (χ3v) is 3.63. The van der Waals surface area contributed by atoms with Crippen molar-refractivity contribution in [3.05, 3.63) is 59.2 Å². The van der Waals surface area contributed by atoms with Gasteiger partial charge in [0.1, 0.15) is 18.1 Å². The maximum Gasteiger partial charge on any atom is 0.258 e. The molecule has 0 bridgehead atoms. The van der Waals surface area contributed by atoms with Gasteiger partial charge in [0.2, 0.25) is 0 Å². The minimum absolute atomic E-state index is 0.000828. The van der Waals surface area contributed by atoms with E-state index in [0.717, 1.165) is 22.6 Å². The van der Waals surface area contributed by atoms with Gasteiger partial charge in [-0.25, -0.2) is 0 Å². The predicted molar refractivity (Wildman–Crippen MR) is 95.7 cm³/mol. The lowest BCUT2D eigenvalue weighted by atomic mass is 10.1. The maximum absolute atomic E-state index is 12.0. The SMILES string of the molecule is Cc1ccc(OC[C@H](C)NC(=O)COc2cc(C)ccc2C)cc1. The molecule has 4 nitrogen and oxygen atoms in total. The van der Waals surface area contributed by atoms with Gasteiger partial charge in [-0.2, -0.15) is 0 Å². The van der Waals surface area contributed by atoms with Crippen LogP contribution in [-0.2, 0) is 4.79 Å². The second-order valence-corrected chi connectivity index (χ2v) is 6.15. The summed E-state index contributed by atoms with van der Waals surface area (Å²) in [5.74, 6) is 1.39. The van der Waals surface area contributed by atoms with E-state index in [1.165, 1.54) is 5.56 Å². The Kier molecular flexibility index (Phi) is 6.24. The predicted octanol–water partition coefficient (Wildman–Crippen LogP) is 3.57. The first-order chi connectivity index (χ1) is 11.4. The number of carbonyl (C=O) groups excluding carboxylic acids is 1. The molecule has 0 unspecified atom stereocenters. The fourth-order valence-corrected chi connectivity index (χ4v) is 2.22. The van der Waals surface area contributed by atoms with E-state index in [1.807, 2.05) is 70.2 Å². The molecule has 0 aliphatic carbocycles. The molecule has 2 aromatic carbocycles. The lowest BCUT2D eigenvalue weighted by molar-refractivity contribution is -0.123. The molecule has 2 rings (SSSR count). The summed E-state index contributed by atoms with van der Waals surface area (Å²) in [7, 11) is 0. The molecule has 24 heavy (non-hydrogen) atoms. The molecule has 0 heterocycles. The zero-order valence-electron chi connectivity index (χ0n) is 14.8. The molecule has 0 aromatic heterocycles. The number of hydrogen-bond acceptors (Lipinski definition) is 3. The molecule has 1 atom stereocenters. The van der Waals surface area contributed by atoms with Crippen LogP contribution in [0, 0.1) is 20.8 Å². The number of benzene rings is 2. The van der Waals surface area contributed by atoms with Crippen LogP contribution in [0.1, 0.15) is 23.6 Å². The smallest absolute Gasteiger partial charge is 0.258 e. The summed E-state index contributed by atoms with van der Waals surface area (Å²) in [4.78, 5) is 12.0. The molecule has 0 spiro atoms. The van der Waals surface area contributed by atoms with Crippen LogP contribution in [0.3, 0.4) is 0 Å². The van der Waals surface area contributed by atoms with Crippen molar-refractivity contribution in [2.75, 3.05) is 13.2 Å². The first-order valence-electron chi connectivity index (χ1n) is 8.13. The highest BCUT2D eigenvalue weighted by molar-refractivity contribution is 5.77. The van der Waals surface area contributed by atoms with Gasteiger partial charge in [-0.1, -0.05) is 29.8 Å². The third-order valence-electron chi connectivity index (χ3n) is 3.63. The summed E-state index contributed by atoms with van der Waals surface area (Å²) in [6, 6.07) is 13.7. The summed E-state index contributed by atoms with van der Waals surface area (Å²) >= 11 is 0. The molecule has 0 saturated heterocycles. The van der Waals surface area contributed by atoms with Crippen molar-refractivity contribution >= 4 is 5.91 Å². The van der Waals surface area contributed by atoms with Crippen LogP contribution in [0.15, 0.2) is 42.5 Å². The maximum atomic E-state index is 12.0. The van der Waals surface area contributed by atoms with E-state index >= 15 is 0 Å². The summed E-state index contributed by atoms with van der Waals surface area (Å²) in [5.41, 5.74) is 3.31. The Morgan fingerprint density at radius 2 is 1.67 bits per heavy atom. The number of hydrogen-bond donors (Lipinski definition) is 1. The monoisotopic (exact) mass is 327 g/mol. The zero-order chi connectivity index (χ0) is 17.5. The average molecular weight is 327 g/mol. The molecular weight excluding hydrogens is 302 g/mol. The van der Waals surface area contributed by atoms with Crippen molar-refractivity contribution < 1.29 is 14.3 Å². The fraction of sp³-hybridized carbons (Fsp3) is 0.350. The van der Waals surface area contributed by atoms with Crippen molar-refractivity contribution in [1.29, 1.82) is 0 Å². The first-order valence-corrected chi connectivity index (χ1v) is 8.13. The van der Waals surface area contributed by atoms with Crippen molar-refractivity contribution in [3.8, 4) is 11.5 Å². The van der Waals surface area contributed by atoms with Crippen molar-refractivity contribution in [2.24, 2.45) is 0 Å². The lowest BCUT2D eigenvalue weighted by Gasteiger charge is -2.16. The number of rotatable bonds is 7. The molecule has 1 amide bonds. The summed E-state index contributed by atoms with van der Waals surface area (Å²) < 4.78 is 11.3. The van der Waals surface area contributed by atoms with Crippen LogP contribution in [-0.4, -0.2) is 25.2 Å². The topological polar surface area (TPSA) is 47.6 Å². The van der Waals surface area contributed by atoms with Gasteiger partial charge in [-0.05, 0) is 57.0 Å². The number of carbonyl (C=O) groups is 1. The van der Waals surface area contributed by atoms with Crippen LogP contribution >= 0.6 is 0 Å². The average Bonchev–Trinajstić information content (AvgIpc) is 2.55. The molecule has 0 saturated carbocycles. The summed E-state index contributed by atoms with van der Waals surface area (Å²) in [6.45, 7) is 8.31. The highest BCUT2D eigenvalue weighted by atomic mass is 16.5. The van der Waals surface area contributed by atoms with Gasteiger partial charge in [0, 0.05) is 0 Å². The molecule has 4 heteroatoms. The minimum atomic E-state index is -0.157. The Morgan fingerprint density at radius 3 is 2.38 bits per heavy atom. The van der Waals surface area contributed by atoms with E-state index in [2.05, 4.69) is 5.32 Å². The third kappa shape index (κ3) is 5.61. The van der Waals surface area contributed by atoms with Crippen molar-refractivity contribution in [1.82, 2.24) is 5.32 Å². The molecule has 0 radical (unpaired) electrons. The highest BCUT2D eigenvalue weighted by Gasteiger charge is 2.10. The van der Waals surface area contributed by atoms with Crippen molar-refractivity contribution in [3.63, 3.8) is 0 Å². The Hall–Kier alpha value is -2.49. The second-order valence-electron chi connectivity index (χ2n) is 6.15.